The molecule has 2 aromatic heterocycles. The minimum atomic E-state index is -2.95. The van der Waals surface area contributed by atoms with Gasteiger partial charge in [0.1, 0.15) is 17.1 Å². The summed E-state index contributed by atoms with van der Waals surface area (Å²) in [5.74, 6) is 1.48. The molecule has 6 rings (SSSR count). The van der Waals surface area contributed by atoms with Crippen LogP contribution in [0.2, 0.25) is 0 Å². The lowest BCUT2D eigenvalue weighted by Crippen LogP contribution is -2.52. The Hall–Kier alpha value is -3.79. The monoisotopic (exact) mass is 710 g/mol. The van der Waals surface area contributed by atoms with Crippen LogP contribution in [0, 0.1) is 0 Å². The van der Waals surface area contributed by atoms with E-state index in [0.29, 0.717) is 44.8 Å². The van der Waals surface area contributed by atoms with Crippen molar-refractivity contribution in [3.8, 4) is 5.75 Å². The second kappa shape index (κ2) is 14.3. The van der Waals surface area contributed by atoms with Gasteiger partial charge >= 0.3 is 0 Å². The van der Waals surface area contributed by atoms with Gasteiger partial charge in [0.15, 0.2) is 0 Å². The van der Waals surface area contributed by atoms with Crippen LogP contribution in [-0.2, 0) is 17.3 Å². The third kappa shape index (κ3) is 7.12. The number of aromatic nitrogens is 4. The molecule has 13 nitrogen and oxygen atoms in total. The quantitative estimate of drug-likeness (QED) is 0.174. The van der Waals surface area contributed by atoms with E-state index in [1.54, 1.807) is 31.6 Å². The molecule has 0 atom stereocenters. The fraction of sp³-hybridized carbons (Fsp3) is 0.419. The highest BCUT2D eigenvalue weighted by Gasteiger charge is 2.28. The lowest BCUT2D eigenvalue weighted by molar-refractivity contribution is 0.0982. The second-order valence-corrected chi connectivity index (χ2v) is 13.1. The van der Waals surface area contributed by atoms with Gasteiger partial charge in [0, 0.05) is 75.7 Å². The Morgan fingerprint density at radius 3 is 2.46 bits per heavy atom. The molecule has 2 aliphatic heterocycles. The topological polar surface area (TPSA) is 141 Å². The number of halogens is 1. The highest BCUT2D eigenvalue weighted by atomic mass is 79.9. The predicted molar refractivity (Wildman–Crippen MR) is 186 cm³/mol. The van der Waals surface area contributed by atoms with Crippen LogP contribution >= 0.6 is 15.9 Å². The van der Waals surface area contributed by atoms with Crippen molar-refractivity contribution in [2.75, 3.05) is 73.7 Å². The van der Waals surface area contributed by atoms with Crippen molar-refractivity contribution in [3.05, 3.63) is 52.9 Å². The number of rotatable bonds is 10. The Kier molecular flexibility index (Phi) is 10.0. The summed E-state index contributed by atoms with van der Waals surface area (Å²) in [6.07, 6.45) is 7.87. The van der Waals surface area contributed by atoms with Crippen molar-refractivity contribution >= 4 is 72.4 Å². The number of nitrogens with zero attached hydrogens (tertiary/aromatic N) is 7. The summed E-state index contributed by atoms with van der Waals surface area (Å²) in [4.78, 5) is 25.3. The van der Waals surface area contributed by atoms with Gasteiger partial charge in [0.05, 0.1) is 34.2 Å². The van der Waals surface area contributed by atoms with Gasteiger partial charge in [0.2, 0.25) is 16.8 Å². The molecule has 244 valence electrons. The lowest BCUT2D eigenvalue weighted by Gasteiger charge is -2.43. The van der Waals surface area contributed by atoms with E-state index in [0.717, 1.165) is 64.2 Å². The first-order valence-corrected chi connectivity index (χ1v) is 17.4. The molecule has 2 saturated heterocycles. The Morgan fingerprint density at radius 2 is 1.74 bits per heavy atom. The second-order valence-electron chi connectivity index (χ2n) is 11.5. The van der Waals surface area contributed by atoms with E-state index in [-0.39, 0.29) is 5.69 Å². The molecule has 4 aromatic rings. The molecule has 2 aromatic carbocycles. The standard InChI is InChI=1S/C31H39BrN10O3S/c1-4-20-17-25(27(45-3)18-26(20)42-11-7-21(8-12-42)41-15-13-40(2)14-16-41)37-31-35-19-22(32)30(38-31)36-24-6-5-23-28(34-10-9-33-23)29(24)39-46(43)44/h5-6,9-10,17-19,21,46H,4,7-8,11-16H2,1-3H3,(H,39,43,44)(H2,35,36,37,38). The highest BCUT2D eigenvalue weighted by molar-refractivity contribution is 9.10. The van der Waals surface area contributed by atoms with Crippen LogP contribution in [0.4, 0.5) is 34.5 Å². The van der Waals surface area contributed by atoms with E-state index in [1.165, 1.54) is 17.4 Å². The van der Waals surface area contributed by atoms with E-state index in [4.69, 9.17) is 9.72 Å². The number of thiol groups is 1. The van der Waals surface area contributed by atoms with E-state index in [1.807, 2.05) is 0 Å². The summed E-state index contributed by atoms with van der Waals surface area (Å²) in [5.41, 5.74) is 4.89. The van der Waals surface area contributed by atoms with Crippen LogP contribution in [0.25, 0.3) is 11.0 Å². The zero-order chi connectivity index (χ0) is 32.2. The first-order chi connectivity index (χ1) is 22.3. The highest BCUT2D eigenvalue weighted by Crippen LogP contribution is 2.38. The number of nitrogens with one attached hydrogen (secondary N) is 3. The summed E-state index contributed by atoms with van der Waals surface area (Å²) in [6, 6.07) is 8.37. The minimum Gasteiger partial charge on any atom is -0.494 e. The number of aryl methyl sites for hydroxylation is 1. The van der Waals surface area contributed by atoms with Crippen LogP contribution in [-0.4, -0.2) is 97.6 Å². The average Bonchev–Trinajstić information content (AvgIpc) is 3.07. The maximum absolute atomic E-state index is 11.7. The molecular formula is C31H39BrN10O3S. The third-order valence-electron chi connectivity index (χ3n) is 8.73. The number of fused-ring (bicyclic) bond motifs is 1. The molecule has 0 bridgehead atoms. The van der Waals surface area contributed by atoms with E-state index in [9.17, 15) is 8.42 Å². The largest absolute Gasteiger partial charge is 0.494 e. The van der Waals surface area contributed by atoms with E-state index >= 15 is 0 Å². The van der Waals surface area contributed by atoms with Gasteiger partial charge < -0.3 is 25.2 Å². The molecular weight excluding hydrogens is 672 g/mol. The molecule has 0 amide bonds. The molecule has 0 radical (unpaired) electrons. The summed E-state index contributed by atoms with van der Waals surface area (Å²) in [7, 11) is 0.924. The van der Waals surface area contributed by atoms with Gasteiger partial charge in [0.25, 0.3) is 0 Å². The summed E-state index contributed by atoms with van der Waals surface area (Å²) >= 11 is 3.52. The fourth-order valence-corrected chi connectivity index (χ4v) is 6.92. The SMILES string of the molecule is CCc1cc(Nc2ncc(Br)c(Nc3ccc4nccnc4c3N[SH](=O)=O)n2)c(OC)cc1N1CCC(N2CCN(C)CC2)CC1. The van der Waals surface area contributed by atoms with Crippen molar-refractivity contribution in [1.82, 2.24) is 29.7 Å². The smallest absolute Gasteiger partial charge is 0.229 e. The Bertz CT molecular complexity index is 1770. The number of benzene rings is 2. The zero-order valence-corrected chi connectivity index (χ0v) is 28.6. The molecule has 4 heterocycles. The zero-order valence-electron chi connectivity index (χ0n) is 26.2. The Morgan fingerprint density at radius 1 is 0.978 bits per heavy atom. The summed E-state index contributed by atoms with van der Waals surface area (Å²) in [5, 5.41) is 6.56. The number of methoxy groups -OCH3 is 1. The average molecular weight is 712 g/mol. The molecule has 0 spiro atoms. The number of piperazine rings is 1. The molecule has 0 unspecified atom stereocenters. The van der Waals surface area contributed by atoms with Crippen LogP contribution in [0.15, 0.2) is 47.3 Å². The fourth-order valence-electron chi connectivity index (χ4n) is 6.23. The normalized spacial score (nSPS) is 16.6. The number of hydrogen-bond donors (Lipinski definition) is 4. The molecule has 3 N–H and O–H groups in total. The maximum atomic E-state index is 11.7. The van der Waals surface area contributed by atoms with Crippen molar-refractivity contribution in [1.29, 1.82) is 0 Å². The summed E-state index contributed by atoms with van der Waals surface area (Å²) in [6.45, 7) is 8.80. The van der Waals surface area contributed by atoms with Gasteiger partial charge in [-0.05, 0) is 66.0 Å². The molecule has 0 aliphatic carbocycles. The van der Waals surface area contributed by atoms with Gasteiger partial charge in [-0.25, -0.2) is 13.4 Å². The number of anilines is 6. The molecule has 2 aliphatic rings. The van der Waals surface area contributed by atoms with Gasteiger partial charge in [-0.2, -0.15) is 4.98 Å². The van der Waals surface area contributed by atoms with Crippen LogP contribution in [0.3, 0.4) is 0 Å². The number of likely N-dealkylation sites (N-methyl/N-ethyl adjacent to an activating group) is 1. The number of hydrogen-bond acceptors (Lipinski definition) is 12. The minimum absolute atomic E-state index is 0.277. The van der Waals surface area contributed by atoms with Crippen LogP contribution < -0.4 is 25.0 Å². The number of piperidine rings is 1. The predicted octanol–water partition coefficient (Wildman–Crippen LogP) is 4.40. The maximum Gasteiger partial charge on any atom is 0.229 e. The van der Waals surface area contributed by atoms with Crippen molar-refractivity contribution in [2.45, 2.75) is 32.2 Å². The van der Waals surface area contributed by atoms with Gasteiger partial charge in [-0.1, -0.05) is 6.92 Å². The Balaban J connectivity index is 1.22. The van der Waals surface area contributed by atoms with Crippen molar-refractivity contribution in [3.63, 3.8) is 0 Å². The van der Waals surface area contributed by atoms with Crippen molar-refractivity contribution in [2.24, 2.45) is 0 Å². The molecule has 46 heavy (non-hydrogen) atoms. The first kappa shape index (κ1) is 32.2. The molecule has 15 heteroatoms. The van der Waals surface area contributed by atoms with Gasteiger partial charge in [-0.3, -0.25) is 19.6 Å². The Labute approximate surface area is 279 Å². The van der Waals surface area contributed by atoms with E-state index in [2.05, 4.69) is 87.0 Å². The van der Waals surface area contributed by atoms with Gasteiger partial charge in [-0.15, -0.1) is 0 Å². The lowest BCUT2D eigenvalue weighted by atomic mass is 9.99. The number of ether oxygens (including phenoxy) is 1. The summed E-state index contributed by atoms with van der Waals surface area (Å²) < 4.78 is 32.2. The van der Waals surface area contributed by atoms with Crippen molar-refractivity contribution < 1.29 is 13.2 Å². The third-order valence-corrected chi connectivity index (χ3v) is 9.71. The van der Waals surface area contributed by atoms with Crippen LogP contribution in [0.1, 0.15) is 25.3 Å². The molecule has 0 saturated carbocycles. The first-order valence-electron chi connectivity index (χ1n) is 15.4. The molecule has 2 fully saturated rings. The van der Waals surface area contributed by atoms with E-state index < -0.39 is 10.9 Å². The van der Waals surface area contributed by atoms with Crippen LogP contribution in [0.5, 0.6) is 5.75 Å².